The largest absolute Gasteiger partial charge is 0.346 e. The minimum absolute atomic E-state index is 0.133. The third-order valence-corrected chi connectivity index (χ3v) is 5.12. The van der Waals surface area contributed by atoms with Gasteiger partial charge in [-0.15, -0.1) is 10.2 Å². The molecule has 2 aromatic heterocycles. The molecule has 2 N–H and O–H groups in total. The first-order valence-corrected chi connectivity index (χ1v) is 10.4. The van der Waals surface area contributed by atoms with E-state index in [0.717, 1.165) is 35.3 Å². The molecule has 0 aliphatic rings. The number of hydrogen-bond acceptors (Lipinski definition) is 5. The molecule has 0 aliphatic carbocycles. The van der Waals surface area contributed by atoms with Gasteiger partial charge in [0, 0.05) is 22.3 Å². The van der Waals surface area contributed by atoms with Gasteiger partial charge in [0.2, 0.25) is 5.91 Å². The van der Waals surface area contributed by atoms with Crippen LogP contribution in [0.4, 0.5) is 0 Å². The fraction of sp³-hybridized carbons (Fsp3) is 0.227. The fourth-order valence-corrected chi connectivity index (χ4v) is 3.52. The molecular weight excluding hydrogens is 414 g/mol. The van der Waals surface area contributed by atoms with Crippen LogP contribution in [0, 0.1) is 0 Å². The summed E-state index contributed by atoms with van der Waals surface area (Å²) in [5, 5.41) is 22.5. The Kier molecular flexibility index (Phi) is 6.37. The summed E-state index contributed by atoms with van der Waals surface area (Å²) >= 11 is 6.05. The van der Waals surface area contributed by atoms with Gasteiger partial charge in [-0.2, -0.15) is 10.3 Å². The number of nitrogens with zero attached hydrogens (tertiary/aromatic N) is 5. The van der Waals surface area contributed by atoms with Gasteiger partial charge < -0.3 is 5.32 Å². The van der Waals surface area contributed by atoms with Crippen LogP contribution in [0.3, 0.4) is 0 Å². The summed E-state index contributed by atoms with van der Waals surface area (Å²) in [5.74, 6) is 0.346. The van der Waals surface area contributed by atoms with Crippen LogP contribution in [0.25, 0.3) is 16.9 Å². The Morgan fingerprint density at radius 3 is 2.61 bits per heavy atom. The van der Waals surface area contributed by atoms with E-state index in [1.54, 1.807) is 4.68 Å². The zero-order chi connectivity index (χ0) is 21.6. The van der Waals surface area contributed by atoms with E-state index in [2.05, 4.69) is 25.9 Å². The van der Waals surface area contributed by atoms with Crippen LogP contribution in [-0.4, -0.2) is 36.3 Å². The monoisotopic (exact) mass is 435 g/mol. The van der Waals surface area contributed by atoms with Crippen LogP contribution in [0.15, 0.2) is 60.8 Å². The molecule has 0 spiro atoms. The Bertz CT molecular complexity index is 1120. The van der Waals surface area contributed by atoms with Crippen molar-refractivity contribution in [3.63, 3.8) is 0 Å². The second-order valence-corrected chi connectivity index (χ2v) is 7.58. The molecule has 2 heterocycles. The lowest BCUT2D eigenvalue weighted by Gasteiger charge is -2.14. The topological polar surface area (TPSA) is 101 Å². The summed E-state index contributed by atoms with van der Waals surface area (Å²) < 4.78 is 1.79. The molecule has 0 aliphatic heterocycles. The highest BCUT2D eigenvalue weighted by Crippen LogP contribution is 2.26. The van der Waals surface area contributed by atoms with Gasteiger partial charge >= 0.3 is 0 Å². The van der Waals surface area contributed by atoms with Crippen molar-refractivity contribution in [2.75, 3.05) is 0 Å². The molecule has 1 atom stereocenters. The zero-order valence-corrected chi connectivity index (χ0v) is 17.8. The van der Waals surface area contributed by atoms with E-state index in [0.29, 0.717) is 10.8 Å². The second-order valence-electron chi connectivity index (χ2n) is 7.15. The van der Waals surface area contributed by atoms with E-state index < -0.39 is 0 Å². The van der Waals surface area contributed by atoms with Crippen LogP contribution >= 0.6 is 11.6 Å². The van der Waals surface area contributed by atoms with Gasteiger partial charge in [0.15, 0.2) is 5.82 Å². The number of nitrogens with one attached hydrogen (secondary N) is 2. The first kappa shape index (κ1) is 20.7. The van der Waals surface area contributed by atoms with Crippen LogP contribution in [0.5, 0.6) is 0 Å². The highest BCUT2D eigenvalue weighted by atomic mass is 35.5. The smallest absolute Gasteiger partial charge is 0.225 e. The predicted octanol–water partition coefficient (Wildman–Crippen LogP) is 3.91. The number of aromatic nitrogens is 6. The molecule has 2 aromatic carbocycles. The van der Waals surface area contributed by atoms with Crippen molar-refractivity contribution in [2.24, 2.45) is 0 Å². The van der Waals surface area contributed by atoms with E-state index in [4.69, 9.17) is 16.7 Å². The van der Waals surface area contributed by atoms with Crippen LogP contribution < -0.4 is 5.32 Å². The summed E-state index contributed by atoms with van der Waals surface area (Å²) in [7, 11) is 0. The van der Waals surface area contributed by atoms with Gasteiger partial charge in [-0.05, 0) is 30.7 Å². The van der Waals surface area contributed by atoms with Crippen LogP contribution in [0.1, 0.15) is 37.2 Å². The van der Waals surface area contributed by atoms with Gasteiger partial charge in [-0.3, -0.25) is 4.79 Å². The quantitative estimate of drug-likeness (QED) is 0.437. The van der Waals surface area contributed by atoms with Gasteiger partial charge in [-0.1, -0.05) is 60.5 Å². The number of carbonyl (C=O) groups excluding carboxylic acids is 1. The number of rotatable bonds is 8. The highest BCUT2D eigenvalue weighted by molar-refractivity contribution is 6.30. The number of halogens is 1. The van der Waals surface area contributed by atoms with Crippen molar-refractivity contribution in [3.05, 3.63) is 77.2 Å². The molecule has 0 saturated carbocycles. The lowest BCUT2D eigenvalue weighted by Crippen LogP contribution is -2.30. The molecule has 1 amide bonds. The number of aromatic amines is 1. The van der Waals surface area contributed by atoms with Crippen LogP contribution in [-0.2, 0) is 11.2 Å². The minimum atomic E-state index is -0.292. The Labute approximate surface area is 184 Å². The number of amides is 1. The third kappa shape index (κ3) is 4.97. The van der Waals surface area contributed by atoms with E-state index in [1.165, 1.54) is 0 Å². The van der Waals surface area contributed by atoms with Crippen molar-refractivity contribution in [3.8, 4) is 16.9 Å². The molecule has 158 valence electrons. The maximum Gasteiger partial charge on any atom is 0.225 e. The summed E-state index contributed by atoms with van der Waals surface area (Å²) in [4.78, 5) is 12.9. The Balaban J connectivity index is 1.62. The SMILES string of the molecule is CCC[C@H](NC(=O)Cc1cn(-c2ccccc2)nc1-c1ccc(Cl)cc1)c1nn[nH]n1. The predicted molar refractivity (Wildman–Crippen MR) is 118 cm³/mol. The lowest BCUT2D eigenvalue weighted by atomic mass is 10.1. The molecular formula is C22H22ClN7O. The van der Waals surface area contributed by atoms with Crippen molar-refractivity contribution in [1.29, 1.82) is 0 Å². The molecule has 9 heteroatoms. The molecule has 4 aromatic rings. The molecule has 8 nitrogen and oxygen atoms in total. The summed E-state index contributed by atoms with van der Waals surface area (Å²) in [6.07, 6.45) is 3.66. The van der Waals surface area contributed by atoms with Crippen molar-refractivity contribution < 1.29 is 4.79 Å². The Morgan fingerprint density at radius 2 is 1.94 bits per heavy atom. The van der Waals surface area contributed by atoms with Crippen molar-refractivity contribution >= 4 is 17.5 Å². The van der Waals surface area contributed by atoms with E-state index in [9.17, 15) is 4.79 Å². The Hall–Kier alpha value is -3.52. The molecule has 0 unspecified atom stereocenters. The number of tetrazole rings is 1. The average molecular weight is 436 g/mol. The molecule has 4 rings (SSSR count). The van der Waals surface area contributed by atoms with E-state index in [-0.39, 0.29) is 18.4 Å². The number of hydrogen-bond donors (Lipinski definition) is 2. The second kappa shape index (κ2) is 9.53. The van der Waals surface area contributed by atoms with E-state index >= 15 is 0 Å². The fourth-order valence-electron chi connectivity index (χ4n) is 3.39. The van der Waals surface area contributed by atoms with Crippen molar-refractivity contribution in [1.82, 2.24) is 35.7 Å². The van der Waals surface area contributed by atoms with Gasteiger partial charge in [0.1, 0.15) is 0 Å². The van der Waals surface area contributed by atoms with Crippen molar-refractivity contribution in [2.45, 2.75) is 32.2 Å². The lowest BCUT2D eigenvalue weighted by molar-refractivity contribution is -0.121. The zero-order valence-electron chi connectivity index (χ0n) is 17.0. The molecule has 0 radical (unpaired) electrons. The van der Waals surface area contributed by atoms with Crippen LogP contribution in [0.2, 0.25) is 5.02 Å². The van der Waals surface area contributed by atoms with Gasteiger partial charge in [0.05, 0.1) is 23.8 Å². The third-order valence-electron chi connectivity index (χ3n) is 4.87. The maximum absolute atomic E-state index is 12.9. The molecule has 0 saturated heterocycles. The summed E-state index contributed by atoms with van der Waals surface area (Å²) in [6, 6.07) is 16.9. The number of H-pyrrole nitrogens is 1. The number of para-hydroxylation sites is 1. The maximum atomic E-state index is 12.9. The first-order valence-electron chi connectivity index (χ1n) is 10.1. The van der Waals surface area contributed by atoms with Gasteiger partial charge in [0.25, 0.3) is 0 Å². The molecule has 0 bridgehead atoms. The average Bonchev–Trinajstić information content (AvgIpc) is 3.45. The number of benzene rings is 2. The summed E-state index contributed by atoms with van der Waals surface area (Å²) in [5.41, 5.74) is 3.36. The highest BCUT2D eigenvalue weighted by Gasteiger charge is 2.20. The summed E-state index contributed by atoms with van der Waals surface area (Å²) in [6.45, 7) is 2.04. The normalized spacial score (nSPS) is 11.9. The Morgan fingerprint density at radius 1 is 1.16 bits per heavy atom. The first-order chi connectivity index (χ1) is 15.1. The standard InChI is InChI=1S/C22H22ClN7O/c1-2-6-19(22-25-28-29-26-22)24-20(31)13-16-14-30(18-7-4-3-5-8-18)27-21(16)15-9-11-17(23)12-10-15/h3-5,7-12,14,19H,2,6,13H2,1H3,(H,24,31)(H,25,26,28,29)/t19-/m0/s1. The minimum Gasteiger partial charge on any atom is -0.346 e. The van der Waals surface area contributed by atoms with E-state index in [1.807, 2.05) is 67.7 Å². The van der Waals surface area contributed by atoms with Gasteiger partial charge in [-0.25, -0.2) is 4.68 Å². The molecule has 31 heavy (non-hydrogen) atoms. The number of carbonyl (C=O) groups is 1. The molecule has 0 fully saturated rings.